The summed E-state index contributed by atoms with van der Waals surface area (Å²) >= 11 is 0. The van der Waals surface area contributed by atoms with Gasteiger partial charge in [0, 0.05) is 13.1 Å². The maximum absolute atomic E-state index is 10.9. The van der Waals surface area contributed by atoms with E-state index in [2.05, 4.69) is 23.7 Å². The van der Waals surface area contributed by atoms with Gasteiger partial charge in [-0.3, -0.25) is 0 Å². The van der Waals surface area contributed by atoms with E-state index in [0.29, 0.717) is 23.3 Å². The zero-order valence-corrected chi connectivity index (χ0v) is 10.1. The molecule has 0 amide bonds. The zero-order valence-electron chi connectivity index (χ0n) is 10.1. The number of aromatic nitrogens is 1. The van der Waals surface area contributed by atoms with E-state index in [9.17, 15) is 4.79 Å². The van der Waals surface area contributed by atoms with Gasteiger partial charge in [0.2, 0.25) is 0 Å². The molecule has 1 aromatic rings. The zero-order chi connectivity index (χ0) is 12.6. The molecule has 0 radical (unpaired) electrons. The first-order chi connectivity index (χ1) is 7.99. The minimum absolute atomic E-state index is 0.0430. The molecule has 0 aliphatic carbocycles. The van der Waals surface area contributed by atoms with Crippen LogP contribution >= 0.6 is 0 Å². The summed E-state index contributed by atoms with van der Waals surface area (Å²) in [5, 5.41) is 8.93. The summed E-state index contributed by atoms with van der Waals surface area (Å²) < 4.78 is 0. The van der Waals surface area contributed by atoms with E-state index in [-0.39, 0.29) is 5.69 Å². The number of carboxylic acid groups (broad SMARTS) is 1. The lowest BCUT2D eigenvalue weighted by atomic mass is 10.0. The van der Waals surface area contributed by atoms with Gasteiger partial charge in [-0.05, 0) is 24.0 Å². The van der Waals surface area contributed by atoms with Crippen molar-refractivity contribution in [2.75, 3.05) is 23.7 Å². The third-order valence-electron chi connectivity index (χ3n) is 3.41. The number of carbonyl (C=O) groups is 1. The molecule has 1 fully saturated rings. The van der Waals surface area contributed by atoms with Gasteiger partial charge in [0.15, 0.2) is 11.5 Å². The quantitative estimate of drug-likeness (QED) is 0.811. The molecule has 1 aliphatic heterocycles. The van der Waals surface area contributed by atoms with Crippen molar-refractivity contribution in [2.24, 2.45) is 11.8 Å². The van der Waals surface area contributed by atoms with Gasteiger partial charge in [-0.2, -0.15) is 0 Å². The summed E-state index contributed by atoms with van der Waals surface area (Å²) in [7, 11) is 0. The number of hydrogen-bond donors (Lipinski definition) is 2. The van der Waals surface area contributed by atoms with Gasteiger partial charge in [-0.1, -0.05) is 13.8 Å². The summed E-state index contributed by atoms with van der Waals surface area (Å²) in [6.07, 6.45) is 0. The van der Waals surface area contributed by atoms with E-state index < -0.39 is 5.97 Å². The Morgan fingerprint density at radius 3 is 2.53 bits per heavy atom. The predicted octanol–water partition coefficient (Wildman–Crippen LogP) is 1.45. The Hall–Kier alpha value is -1.78. The molecule has 0 aromatic carbocycles. The molecule has 0 spiro atoms. The third kappa shape index (κ3) is 2.18. The van der Waals surface area contributed by atoms with Gasteiger partial charge in [0.25, 0.3) is 0 Å². The normalized spacial score (nSPS) is 24.0. The maximum atomic E-state index is 10.9. The van der Waals surface area contributed by atoms with Gasteiger partial charge in [-0.25, -0.2) is 9.78 Å². The van der Waals surface area contributed by atoms with Crippen molar-refractivity contribution in [3.05, 3.63) is 17.8 Å². The van der Waals surface area contributed by atoms with Crippen molar-refractivity contribution in [3.8, 4) is 0 Å². The summed E-state index contributed by atoms with van der Waals surface area (Å²) in [5.41, 5.74) is 6.44. The average molecular weight is 235 g/mol. The summed E-state index contributed by atoms with van der Waals surface area (Å²) in [6, 6.07) is 3.05. The molecule has 0 saturated carbocycles. The van der Waals surface area contributed by atoms with Crippen LogP contribution in [0, 0.1) is 11.8 Å². The minimum Gasteiger partial charge on any atom is -0.477 e. The molecule has 1 aromatic heterocycles. The molecular weight excluding hydrogens is 218 g/mol. The monoisotopic (exact) mass is 235 g/mol. The number of rotatable bonds is 2. The first-order valence-electron chi connectivity index (χ1n) is 5.73. The number of aromatic carboxylic acids is 1. The molecule has 17 heavy (non-hydrogen) atoms. The lowest BCUT2D eigenvalue weighted by Gasteiger charge is -2.19. The van der Waals surface area contributed by atoms with Crippen LogP contribution in [0.3, 0.4) is 0 Å². The minimum atomic E-state index is -1.02. The molecule has 2 unspecified atom stereocenters. The van der Waals surface area contributed by atoms with Crippen LogP contribution in [0.5, 0.6) is 0 Å². The Bertz CT molecular complexity index is 437. The van der Waals surface area contributed by atoms with Crippen LogP contribution in [0.2, 0.25) is 0 Å². The second-order valence-corrected chi connectivity index (χ2v) is 4.77. The van der Waals surface area contributed by atoms with Crippen LogP contribution < -0.4 is 10.6 Å². The molecule has 5 heteroatoms. The van der Waals surface area contributed by atoms with Crippen molar-refractivity contribution in [2.45, 2.75) is 13.8 Å². The lowest BCUT2D eigenvalue weighted by molar-refractivity contribution is 0.0690. The number of nitrogen functional groups attached to an aromatic ring is 1. The summed E-state index contributed by atoms with van der Waals surface area (Å²) in [6.45, 7) is 6.12. The molecule has 1 saturated heterocycles. The molecule has 92 valence electrons. The highest BCUT2D eigenvalue weighted by molar-refractivity contribution is 5.87. The van der Waals surface area contributed by atoms with Crippen LogP contribution in [-0.2, 0) is 0 Å². The van der Waals surface area contributed by atoms with Crippen molar-refractivity contribution in [1.82, 2.24) is 4.98 Å². The molecule has 2 atom stereocenters. The molecule has 3 N–H and O–H groups in total. The second kappa shape index (κ2) is 4.24. The van der Waals surface area contributed by atoms with Crippen LogP contribution in [0.25, 0.3) is 0 Å². The number of pyridine rings is 1. The van der Waals surface area contributed by atoms with E-state index in [0.717, 1.165) is 13.1 Å². The van der Waals surface area contributed by atoms with Gasteiger partial charge in [-0.15, -0.1) is 0 Å². The fraction of sp³-hybridized carbons (Fsp3) is 0.500. The Balaban J connectivity index is 2.32. The number of nitrogens with two attached hydrogens (primary N) is 1. The van der Waals surface area contributed by atoms with Crippen molar-refractivity contribution < 1.29 is 9.90 Å². The topological polar surface area (TPSA) is 79.5 Å². The first kappa shape index (κ1) is 11.7. The standard InChI is InChI=1S/C12H17N3O2/c1-7-5-15(6-8(7)2)11-9(13)3-4-10(14-11)12(16)17/h3-4,7-8H,5-6,13H2,1-2H3,(H,16,17). The summed E-state index contributed by atoms with van der Waals surface area (Å²) in [4.78, 5) is 17.1. The SMILES string of the molecule is CC1CN(c2nc(C(=O)O)ccc2N)CC1C. The van der Waals surface area contributed by atoms with Gasteiger partial charge >= 0.3 is 5.97 Å². The van der Waals surface area contributed by atoms with Crippen molar-refractivity contribution >= 4 is 17.5 Å². The predicted molar refractivity (Wildman–Crippen MR) is 66.1 cm³/mol. The van der Waals surface area contributed by atoms with E-state index in [1.807, 2.05) is 0 Å². The maximum Gasteiger partial charge on any atom is 0.354 e. The highest BCUT2D eigenvalue weighted by Gasteiger charge is 2.28. The van der Waals surface area contributed by atoms with Gasteiger partial charge in [0.05, 0.1) is 5.69 Å². The highest BCUT2D eigenvalue weighted by atomic mass is 16.4. The molecule has 1 aliphatic rings. The Labute approximate surface area is 100 Å². The fourth-order valence-electron chi connectivity index (χ4n) is 2.13. The largest absolute Gasteiger partial charge is 0.477 e. The van der Waals surface area contributed by atoms with Gasteiger partial charge in [0.1, 0.15) is 0 Å². The van der Waals surface area contributed by atoms with Crippen LogP contribution in [0.4, 0.5) is 11.5 Å². The smallest absolute Gasteiger partial charge is 0.354 e. The molecule has 0 bridgehead atoms. The lowest BCUT2D eigenvalue weighted by Crippen LogP contribution is -2.23. The Kier molecular flexibility index (Phi) is 2.92. The fourth-order valence-corrected chi connectivity index (χ4v) is 2.13. The second-order valence-electron chi connectivity index (χ2n) is 4.77. The average Bonchev–Trinajstić information content (AvgIpc) is 2.59. The summed E-state index contributed by atoms with van der Waals surface area (Å²) in [5.74, 6) is 0.724. The number of nitrogens with zero attached hydrogens (tertiary/aromatic N) is 2. The Morgan fingerprint density at radius 2 is 2.00 bits per heavy atom. The van der Waals surface area contributed by atoms with Crippen molar-refractivity contribution in [3.63, 3.8) is 0 Å². The van der Waals surface area contributed by atoms with Crippen LogP contribution in [0.15, 0.2) is 12.1 Å². The van der Waals surface area contributed by atoms with E-state index in [4.69, 9.17) is 10.8 Å². The van der Waals surface area contributed by atoms with Crippen LogP contribution in [-0.4, -0.2) is 29.1 Å². The Morgan fingerprint density at radius 1 is 1.41 bits per heavy atom. The first-order valence-corrected chi connectivity index (χ1v) is 5.73. The van der Waals surface area contributed by atoms with E-state index in [1.165, 1.54) is 6.07 Å². The molecular formula is C12H17N3O2. The van der Waals surface area contributed by atoms with Gasteiger partial charge < -0.3 is 15.7 Å². The van der Waals surface area contributed by atoms with E-state index in [1.54, 1.807) is 6.07 Å². The number of carboxylic acids is 1. The molecule has 2 rings (SSSR count). The van der Waals surface area contributed by atoms with E-state index >= 15 is 0 Å². The number of hydrogen-bond acceptors (Lipinski definition) is 4. The molecule has 5 nitrogen and oxygen atoms in total. The molecule has 2 heterocycles. The third-order valence-corrected chi connectivity index (χ3v) is 3.41. The van der Waals surface area contributed by atoms with Crippen LogP contribution in [0.1, 0.15) is 24.3 Å². The van der Waals surface area contributed by atoms with Crippen molar-refractivity contribution in [1.29, 1.82) is 0 Å². The number of anilines is 2. The highest BCUT2D eigenvalue weighted by Crippen LogP contribution is 2.30.